The van der Waals surface area contributed by atoms with Crippen LogP contribution in [-0.2, 0) is 18.3 Å². The van der Waals surface area contributed by atoms with E-state index in [4.69, 9.17) is 0 Å². The van der Waals surface area contributed by atoms with Crippen LogP contribution >= 0.6 is 0 Å². The van der Waals surface area contributed by atoms with Crippen molar-refractivity contribution in [2.75, 3.05) is 4.90 Å². The van der Waals surface area contributed by atoms with E-state index in [9.17, 15) is 0 Å². The van der Waals surface area contributed by atoms with Gasteiger partial charge >= 0.3 is 0 Å². The van der Waals surface area contributed by atoms with Crippen LogP contribution in [0.25, 0.3) is 44.5 Å². The molecule has 1 heteroatoms. The summed E-state index contributed by atoms with van der Waals surface area (Å²) in [4.78, 5) is 2.45. The lowest BCUT2D eigenvalue weighted by atomic mass is 9.70. The van der Waals surface area contributed by atoms with Crippen molar-refractivity contribution in [1.29, 1.82) is 0 Å². The van der Waals surface area contributed by atoms with E-state index in [-0.39, 0.29) is 0 Å². The van der Waals surface area contributed by atoms with E-state index in [0.29, 0.717) is 0 Å². The minimum absolute atomic E-state index is 0.395. The summed E-state index contributed by atoms with van der Waals surface area (Å²) in [5.74, 6) is 0. The normalized spacial score (nSPS) is 14.1. The molecular weight excluding hydrogens is 651 g/mol. The highest BCUT2D eigenvalue weighted by atomic mass is 15.1. The molecule has 3 aliphatic rings. The smallest absolute Gasteiger partial charge is 0.0726 e. The summed E-state index contributed by atoms with van der Waals surface area (Å²) in [6, 6.07) is 70.3. The summed E-state index contributed by atoms with van der Waals surface area (Å²) in [6.45, 7) is 0. The fourth-order valence-electron chi connectivity index (χ4n) is 9.94. The van der Waals surface area contributed by atoms with Crippen LogP contribution in [0.15, 0.2) is 188 Å². The second-order valence-corrected chi connectivity index (χ2v) is 15.1. The number of benzene rings is 8. The molecule has 1 nitrogen and oxygen atoms in total. The predicted octanol–water partition coefficient (Wildman–Crippen LogP) is 13.7. The van der Waals surface area contributed by atoms with Crippen molar-refractivity contribution in [3.8, 4) is 44.5 Å². The van der Waals surface area contributed by atoms with Gasteiger partial charge in [0.1, 0.15) is 0 Å². The first-order valence-corrected chi connectivity index (χ1v) is 19.4. The maximum Gasteiger partial charge on any atom is 0.0726 e. The third-order valence-corrected chi connectivity index (χ3v) is 12.3. The third kappa shape index (κ3) is 4.58. The Morgan fingerprint density at radius 1 is 0.333 bits per heavy atom. The number of aryl methyl sites for hydroxylation is 1. The molecule has 0 saturated heterocycles. The molecule has 0 amide bonds. The molecule has 0 unspecified atom stereocenters. The summed E-state index contributed by atoms with van der Waals surface area (Å²) >= 11 is 0. The number of fused-ring (bicyclic) bond motifs is 11. The SMILES string of the molecule is c1ccc(-c2ccc(N(c3ccc(-c4cccc5c4CCCC5)cc3)c3ccc4c(c3)C3(c5ccccc5-c5ccccc53)c3ccccc3-4)cc2)cc1. The Hall–Kier alpha value is -6.44. The van der Waals surface area contributed by atoms with E-state index in [2.05, 4.69) is 193 Å². The molecule has 0 radical (unpaired) electrons. The van der Waals surface area contributed by atoms with E-state index in [0.717, 1.165) is 17.1 Å². The molecule has 0 N–H and O–H groups in total. The van der Waals surface area contributed by atoms with Crippen molar-refractivity contribution in [1.82, 2.24) is 0 Å². The first-order valence-electron chi connectivity index (χ1n) is 19.4. The number of rotatable bonds is 5. The third-order valence-electron chi connectivity index (χ3n) is 12.3. The summed E-state index contributed by atoms with van der Waals surface area (Å²) in [5.41, 5.74) is 21.9. The Kier molecular flexibility index (Phi) is 7.10. The minimum Gasteiger partial charge on any atom is -0.310 e. The minimum atomic E-state index is -0.395. The highest BCUT2D eigenvalue weighted by molar-refractivity contribution is 5.96. The van der Waals surface area contributed by atoms with Crippen LogP contribution in [0.3, 0.4) is 0 Å². The van der Waals surface area contributed by atoms with Gasteiger partial charge in [0, 0.05) is 17.1 Å². The topological polar surface area (TPSA) is 3.24 Å². The van der Waals surface area contributed by atoms with E-state index in [1.807, 2.05) is 0 Å². The lowest BCUT2D eigenvalue weighted by Gasteiger charge is -2.32. The zero-order valence-corrected chi connectivity index (χ0v) is 30.2. The Labute approximate surface area is 317 Å². The van der Waals surface area contributed by atoms with E-state index in [1.165, 1.54) is 104 Å². The average molecular weight is 690 g/mol. The largest absolute Gasteiger partial charge is 0.310 e. The Morgan fingerprint density at radius 3 is 1.44 bits per heavy atom. The molecule has 1 spiro atoms. The standard InChI is InChI=1S/C53H39N/c1-2-13-36(14-3-1)37-25-29-40(30-26-37)54(41-31-27-39(28-32-41)44-21-12-16-38-15-4-5-17-43(38)44)42-33-34-48-47-20-8-11-24-51(47)53(52(48)35-42)49-22-9-6-18-45(49)46-19-7-10-23-50(46)53/h1-3,6-14,16,18-35H,4-5,15,17H2. The predicted molar refractivity (Wildman–Crippen MR) is 225 cm³/mol. The Bertz CT molecular complexity index is 2640. The van der Waals surface area contributed by atoms with Crippen LogP contribution in [0.4, 0.5) is 17.1 Å². The molecule has 0 aliphatic heterocycles. The van der Waals surface area contributed by atoms with Gasteiger partial charge in [-0.2, -0.15) is 0 Å². The van der Waals surface area contributed by atoms with Gasteiger partial charge < -0.3 is 4.90 Å². The van der Waals surface area contributed by atoms with Gasteiger partial charge in [-0.1, -0.05) is 152 Å². The van der Waals surface area contributed by atoms with Crippen molar-refractivity contribution in [2.24, 2.45) is 0 Å². The lowest BCUT2D eigenvalue weighted by Crippen LogP contribution is -2.26. The zero-order valence-electron chi connectivity index (χ0n) is 30.2. The number of hydrogen-bond acceptors (Lipinski definition) is 1. The van der Waals surface area contributed by atoms with Crippen molar-refractivity contribution in [3.05, 3.63) is 221 Å². The fraction of sp³-hybridized carbons (Fsp3) is 0.0943. The molecule has 54 heavy (non-hydrogen) atoms. The molecule has 0 heterocycles. The van der Waals surface area contributed by atoms with Gasteiger partial charge in [-0.3, -0.25) is 0 Å². The molecule has 8 aromatic carbocycles. The van der Waals surface area contributed by atoms with Crippen LogP contribution in [0.5, 0.6) is 0 Å². The number of nitrogens with zero attached hydrogens (tertiary/aromatic N) is 1. The van der Waals surface area contributed by atoms with E-state index >= 15 is 0 Å². The van der Waals surface area contributed by atoms with Gasteiger partial charge in [0.05, 0.1) is 5.41 Å². The van der Waals surface area contributed by atoms with Crippen molar-refractivity contribution >= 4 is 17.1 Å². The van der Waals surface area contributed by atoms with Crippen molar-refractivity contribution in [3.63, 3.8) is 0 Å². The number of hydrogen-bond donors (Lipinski definition) is 0. The second kappa shape index (κ2) is 12.3. The zero-order chi connectivity index (χ0) is 35.6. The van der Waals surface area contributed by atoms with Crippen LogP contribution in [-0.4, -0.2) is 0 Å². The first kappa shape index (κ1) is 31.1. The Morgan fingerprint density at radius 2 is 0.815 bits per heavy atom. The fourth-order valence-corrected chi connectivity index (χ4v) is 9.94. The molecule has 11 rings (SSSR count). The van der Waals surface area contributed by atoms with Crippen LogP contribution in [0.1, 0.15) is 46.2 Å². The Balaban J connectivity index is 1.10. The van der Waals surface area contributed by atoms with E-state index < -0.39 is 5.41 Å². The summed E-state index contributed by atoms with van der Waals surface area (Å²) in [7, 11) is 0. The van der Waals surface area contributed by atoms with Crippen LogP contribution in [0, 0.1) is 0 Å². The lowest BCUT2D eigenvalue weighted by molar-refractivity contribution is 0.687. The summed E-state index contributed by atoms with van der Waals surface area (Å²) < 4.78 is 0. The highest BCUT2D eigenvalue weighted by Gasteiger charge is 2.51. The highest BCUT2D eigenvalue weighted by Crippen LogP contribution is 2.63. The van der Waals surface area contributed by atoms with Gasteiger partial charge in [-0.25, -0.2) is 0 Å². The quantitative estimate of drug-likeness (QED) is 0.174. The maximum absolute atomic E-state index is 2.49. The average Bonchev–Trinajstić information content (AvgIpc) is 3.72. The first-order chi connectivity index (χ1) is 26.8. The molecule has 8 aromatic rings. The summed E-state index contributed by atoms with van der Waals surface area (Å²) in [6.07, 6.45) is 4.91. The van der Waals surface area contributed by atoms with E-state index in [1.54, 1.807) is 0 Å². The molecule has 256 valence electrons. The monoisotopic (exact) mass is 689 g/mol. The van der Waals surface area contributed by atoms with Gasteiger partial charge in [0.25, 0.3) is 0 Å². The molecule has 0 bridgehead atoms. The molecule has 0 fully saturated rings. The van der Waals surface area contributed by atoms with Crippen LogP contribution < -0.4 is 4.90 Å². The number of anilines is 3. The van der Waals surface area contributed by atoms with Gasteiger partial charge in [0.2, 0.25) is 0 Å². The molecule has 0 aromatic heterocycles. The van der Waals surface area contributed by atoms with Gasteiger partial charge in [-0.15, -0.1) is 0 Å². The van der Waals surface area contributed by atoms with Crippen LogP contribution in [0.2, 0.25) is 0 Å². The molecule has 0 atom stereocenters. The second-order valence-electron chi connectivity index (χ2n) is 15.1. The maximum atomic E-state index is 2.49. The van der Waals surface area contributed by atoms with Crippen molar-refractivity contribution in [2.45, 2.75) is 31.1 Å². The van der Waals surface area contributed by atoms with Gasteiger partial charge in [0.15, 0.2) is 0 Å². The molecule has 3 aliphatic carbocycles. The van der Waals surface area contributed by atoms with Gasteiger partial charge in [-0.05, 0) is 140 Å². The molecule has 0 saturated carbocycles. The van der Waals surface area contributed by atoms with Crippen molar-refractivity contribution < 1.29 is 0 Å². The molecular formula is C53H39N. The summed E-state index contributed by atoms with van der Waals surface area (Å²) in [5, 5.41) is 0.